The molecule has 0 spiro atoms. The summed E-state index contributed by atoms with van der Waals surface area (Å²) in [6.45, 7) is 4.75. The summed E-state index contributed by atoms with van der Waals surface area (Å²) in [6.07, 6.45) is 0. The third-order valence-corrected chi connectivity index (χ3v) is 13.7. The van der Waals surface area contributed by atoms with Crippen LogP contribution in [0.3, 0.4) is 0 Å². The highest BCUT2D eigenvalue weighted by molar-refractivity contribution is 6.22. The number of benzene rings is 10. The molecule has 12 aromatic rings. The van der Waals surface area contributed by atoms with Crippen LogP contribution < -0.4 is 0 Å². The number of aromatic nitrogens is 4. The SMILES string of the molecule is CC1(C)c2ccccc2-c2cc3c(-c4ccc(-c5nc6ccccc6n5-c5ccccc5)cc4)c4ccccc4c(-c4ccc(-c5nc6ccccc6n5-c5ccccc5)cc4)c3cc21. The molecule has 4 nitrogen and oxygen atoms in total. The molecule has 0 aliphatic heterocycles. The maximum Gasteiger partial charge on any atom is 0.145 e. The normalized spacial score (nSPS) is 12.9. The van der Waals surface area contributed by atoms with Crippen LogP contribution >= 0.6 is 0 Å². The van der Waals surface area contributed by atoms with Crippen molar-refractivity contribution in [1.29, 1.82) is 0 Å². The summed E-state index contributed by atoms with van der Waals surface area (Å²) in [5, 5.41) is 4.93. The van der Waals surface area contributed by atoms with E-state index in [1.54, 1.807) is 0 Å². The van der Waals surface area contributed by atoms with Crippen LogP contribution in [-0.2, 0) is 5.41 Å². The molecule has 2 aromatic heterocycles. The zero-order chi connectivity index (χ0) is 43.2. The summed E-state index contributed by atoms with van der Waals surface area (Å²) in [5.74, 6) is 1.85. The fourth-order valence-electron chi connectivity index (χ4n) is 10.7. The second kappa shape index (κ2) is 14.3. The number of para-hydroxylation sites is 6. The molecule has 1 aliphatic rings. The van der Waals surface area contributed by atoms with Gasteiger partial charge >= 0.3 is 0 Å². The maximum atomic E-state index is 5.20. The maximum absolute atomic E-state index is 5.20. The molecule has 306 valence electrons. The molecular weight excluding hydrogens is 789 g/mol. The Kier molecular flexibility index (Phi) is 8.22. The van der Waals surface area contributed by atoms with Gasteiger partial charge in [0.25, 0.3) is 0 Å². The van der Waals surface area contributed by atoms with Crippen molar-refractivity contribution in [3.05, 3.63) is 230 Å². The molecular formula is C61H42N4. The molecule has 0 bridgehead atoms. The minimum Gasteiger partial charge on any atom is -0.292 e. The first-order chi connectivity index (χ1) is 32.0. The van der Waals surface area contributed by atoms with Gasteiger partial charge in [-0.2, -0.15) is 0 Å². The van der Waals surface area contributed by atoms with Gasteiger partial charge in [-0.25, -0.2) is 9.97 Å². The Morgan fingerprint density at radius 3 is 1.28 bits per heavy atom. The molecule has 0 radical (unpaired) electrons. The lowest BCUT2D eigenvalue weighted by atomic mass is 9.79. The molecule has 0 amide bonds. The first-order valence-corrected chi connectivity index (χ1v) is 22.4. The molecule has 1 aliphatic carbocycles. The van der Waals surface area contributed by atoms with E-state index in [0.717, 1.165) is 56.2 Å². The Labute approximate surface area is 377 Å². The molecule has 0 saturated heterocycles. The average molecular weight is 831 g/mol. The number of imidazole rings is 2. The molecule has 0 saturated carbocycles. The highest BCUT2D eigenvalue weighted by Gasteiger charge is 2.36. The van der Waals surface area contributed by atoms with Crippen molar-refractivity contribution >= 4 is 43.6 Å². The fourth-order valence-corrected chi connectivity index (χ4v) is 10.7. The van der Waals surface area contributed by atoms with Crippen molar-refractivity contribution in [2.24, 2.45) is 0 Å². The van der Waals surface area contributed by atoms with Gasteiger partial charge in [0.05, 0.1) is 22.1 Å². The molecule has 0 N–H and O–H groups in total. The molecule has 10 aromatic carbocycles. The van der Waals surface area contributed by atoms with E-state index in [0.29, 0.717) is 0 Å². The van der Waals surface area contributed by atoms with Crippen molar-refractivity contribution in [3.63, 3.8) is 0 Å². The lowest BCUT2D eigenvalue weighted by Gasteiger charge is -2.24. The summed E-state index contributed by atoms with van der Waals surface area (Å²) in [4.78, 5) is 10.4. The van der Waals surface area contributed by atoms with E-state index in [1.807, 2.05) is 0 Å². The van der Waals surface area contributed by atoms with Gasteiger partial charge < -0.3 is 0 Å². The van der Waals surface area contributed by atoms with Gasteiger partial charge in [0.1, 0.15) is 11.6 Å². The van der Waals surface area contributed by atoms with E-state index >= 15 is 0 Å². The lowest BCUT2D eigenvalue weighted by Crippen LogP contribution is -2.14. The number of hydrogen-bond acceptors (Lipinski definition) is 2. The summed E-state index contributed by atoms with van der Waals surface area (Å²) < 4.78 is 4.55. The Morgan fingerprint density at radius 2 is 0.754 bits per heavy atom. The Morgan fingerprint density at radius 1 is 0.338 bits per heavy atom. The van der Waals surface area contributed by atoms with E-state index in [9.17, 15) is 0 Å². The van der Waals surface area contributed by atoms with Gasteiger partial charge in [-0.1, -0.05) is 172 Å². The van der Waals surface area contributed by atoms with Crippen LogP contribution in [0.25, 0.3) is 111 Å². The van der Waals surface area contributed by atoms with Crippen molar-refractivity contribution in [3.8, 4) is 67.5 Å². The summed E-state index contributed by atoms with van der Waals surface area (Å²) in [6, 6.07) is 79.0. The van der Waals surface area contributed by atoms with Crippen molar-refractivity contribution in [2.75, 3.05) is 0 Å². The first kappa shape index (κ1) is 37.2. The van der Waals surface area contributed by atoms with Crippen LogP contribution in [0.1, 0.15) is 25.0 Å². The second-order valence-corrected chi connectivity index (χ2v) is 17.8. The first-order valence-electron chi connectivity index (χ1n) is 22.4. The van der Waals surface area contributed by atoms with Gasteiger partial charge in [-0.05, 0) is 127 Å². The molecule has 0 atom stereocenters. The molecule has 13 rings (SSSR count). The second-order valence-electron chi connectivity index (χ2n) is 17.8. The fraction of sp³-hybridized carbons (Fsp3) is 0.0492. The minimum atomic E-state index is -0.157. The highest BCUT2D eigenvalue weighted by atomic mass is 15.1. The third-order valence-electron chi connectivity index (χ3n) is 13.7. The molecule has 2 heterocycles. The Hall–Kier alpha value is -8.34. The van der Waals surface area contributed by atoms with E-state index in [4.69, 9.17) is 9.97 Å². The van der Waals surface area contributed by atoms with Crippen molar-refractivity contribution in [2.45, 2.75) is 19.3 Å². The third kappa shape index (κ3) is 5.70. The zero-order valence-electron chi connectivity index (χ0n) is 36.1. The lowest BCUT2D eigenvalue weighted by molar-refractivity contribution is 0.661. The van der Waals surface area contributed by atoms with Gasteiger partial charge in [0.15, 0.2) is 0 Å². The minimum absolute atomic E-state index is 0.157. The van der Waals surface area contributed by atoms with E-state index < -0.39 is 0 Å². The van der Waals surface area contributed by atoms with Crippen LogP contribution in [0.2, 0.25) is 0 Å². The van der Waals surface area contributed by atoms with Gasteiger partial charge in [-0.3, -0.25) is 9.13 Å². The zero-order valence-corrected chi connectivity index (χ0v) is 36.1. The smallest absolute Gasteiger partial charge is 0.145 e. The predicted molar refractivity (Wildman–Crippen MR) is 270 cm³/mol. The quantitative estimate of drug-likeness (QED) is 0.157. The Balaban J connectivity index is 1.02. The summed E-state index contributed by atoms with van der Waals surface area (Å²) in [5.41, 5.74) is 18.5. The molecule has 0 fully saturated rings. The largest absolute Gasteiger partial charge is 0.292 e. The molecule has 65 heavy (non-hydrogen) atoms. The van der Waals surface area contributed by atoms with E-state index in [2.05, 4.69) is 241 Å². The summed E-state index contributed by atoms with van der Waals surface area (Å²) >= 11 is 0. The molecule has 4 heteroatoms. The van der Waals surface area contributed by atoms with Crippen LogP contribution in [0.4, 0.5) is 0 Å². The van der Waals surface area contributed by atoms with Crippen LogP contribution in [0, 0.1) is 0 Å². The predicted octanol–water partition coefficient (Wildman–Crippen LogP) is 15.6. The topological polar surface area (TPSA) is 35.6 Å². The van der Waals surface area contributed by atoms with E-state index in [1.165, 1.54) is 66.1 Å². The van der Waals surface area contributed by atoms with Gasteiger partial charge in [-0.15, -0.1) is 0 Å². The summed E-state index contributed by atoms with van der Waals surface area (Å²) in [7, 11) is 0. The van der Waals surface area contributed by atoms with Gasteiger partial charge in [0, 0.05) is 27.9 Å². The standard InChI is InChI=1S/C61H42N4/c1-61(2)51-24-12-11-21-45(51)48-37-49-50(38-52(48)61)58(40-31-35-42(36-32-40)60-63-54-26-14-16-28-56(54)65(60)44-19-7-4-8-20-44)47-23-10-9-22-46(47)57(49)39-29-33-41(34-30-39)59-62-53-25-13-15-27-55(53)64(59)43-17-5-3-6-18-43/h3-38H,1-2H3. The number of rotatable bonds is 6. The van der Waals surface area contributed by atoms with Crippen LogP contribution in [0.15, 0.2) is 218 Å². The Bertz CT molecular complexity index is 3820. The van der Waals surface area contributed by atoms with Crippen molar-refractivity contribution in [1.82, 2.24) is 19.1 Å². The highest BCUT2D eigenvalue weighted by Crippen LogP contribution is 2.53. The molecule has 0 unspecified atom stereocenters. The average Bonchev–Trinajstić information content (AvgIpc) is 4.02. The van der Waals surface area contributed by atoms with Crippen LogP contribution in [0.5, 0.6) is 0 Å². The van der Waals surface area contributed by atoms with E-state index in [-0.39, 0.29) is 5.41 Å². The monoisotopic (exact) mass is 830 g/mol. The number of hydrogen-bond donors (Lipinski definition) is 0. The van der Waals surface area contributed by atoms with Crippen molar-refractivity contribution < 1.29 is 0 Å². The number of nitrogens with zero attached hydrogens (tertiary/aromatic N) is 4. The van der Waals surface area contributed by atoms with Gasteiger partial charge in [0.2, 0.25) is 0 Å². The van der Waals surface area contributed by atoms with Crippen LogP contribution in [-0.4, -0.2) is 19.1 Å². The number of fused-ring (bicyclic) bond motifs is 7.